The number of aryl methyl sites for hydroxylation is 1. The van der Waals surface area contributed by atoms with Crippen LogP contribution < -0.4 is 10.6 Å². The molecule has 3 aromatic rings. The van der Waals surface area contributed by atoms with Crippen LogP contribution in [0, 0.1) is 6.92 Å². The van der Waals surface area contributed by atoms with Gasteiger partial charge in [0.2, 0.25) is 11.9 Å². The van der Waals surface area contributed by atoms with Crippen LogP contribution in [0.15, 0.2) is 17.5 Å². The summed E-state index contributed by atoms with van der Waals surface area (Å²) in [6.45, 7) is 7.04. The van der Waals surface area contributed by atoms with E-state index in [9.17, 15) is 4.79 Å². The molecule has 0 bridgehead atoms. The molecule has 0 aromatic carbocycles. The number of hydrogen-bond donors (Lipinski definition) is 3. The van der Waals surface area contributed by atoms with E-state index in [1.165, 1.54) is 0 Å². The van der Waals surface area contributed by atoms with Gasteiger partial charge in [0.1, 0.15) is 10.6 Å². The molecule has 10 nitrogen and oxygen atoms in total. The standard InChI is InChI=1S/C21H28N8O2S/c1-14-12-17(27-26-14)23-19-16-4-11-32-20(16)25-21(24-19)22-15-2-5-29(6-3-15)18(30)13-28-7-9-31-10-8-28/h4,11-12,15H,2-3,5-10,13H2,1H3,(H3,22,23,24,25,26,27). The third-order valence-electron chi connectivity index (χ3n) is 5.92. The largest absolute Gasteiger partial charge is 0.379 e. The Labute approximate surface area is 190 Å². The molecule has 0 radical (unpaired) electrons. The molecular weight excluding hydrogens is 428 g/mol. The molecule has 3 N–H and O–H groups in total. The first-order valence-corrected chi connectivity index (χ1v) is 11.9. The Balaban J connectivity index is 1.20. The summed E-state index contributed by atoms with van der Waals surface area (Å²) in [5.74, 6) is 2.28. The van der Waals surface area contributed by atoms with Crippen molar-refractivity contribution < 1.29 is 9.53 Å². The maximum atomic E-state index is 12.7. The van der Waals surface area contributed by atoms with E-state index in [0.717, 1.165) is 66.6 Å². The second-order valence-corrected chi connectivity index (χ2v) is 9.18. The summed E-state index contributed by atoms with van der Waals surface area (Å²) in [5, 5.41) is 17.0. The molecule has 11 heteroatoms. The summed E-state index contributed by atoms with van der Waals surface area (Å²) in [7, 11) is 0. The minimum atomic E-state index is 0.211. The average Bonchev–Trinajstić information content (AvgIpc) is 3.44. The maximum Gasteiger partial charge on any atom is 0.236 e. The van der Waals surface area contributed by atoms with Gasteiger partial charge in [0.25, 0.3) is 0 Å². The minimum Gasteiger partial charge on any atom is -0.379 e. The van der Waals surface area contributed by atoms with Crippen LogP contribution in [0.3, 0.4) is 0 Å². The van der Waals surface area contributed by atoms with Gasteiger partial charge in [0, 0.05) is 44.0 Å². The van der Waals surface area contributed by atoms with Crippen molar-refractivity contribution in [3.8, 4) is 0 Å². The lowest BCUT2D eigenvalue weighted by molar-refractivity contribution is -0.134. The number of amides is 1. The SMILES string of the molecule is Cc1cc(Nc2nc(NC3CCN(C(=O)CN4CCOCC4)CC3)nc3sccc23)n[nH]1. The lowest BCUT2D eigenvalue weighted by Crippen LogP contribution is -2.48. The van der Waals surface area contributed by atoms with Crippen molar-refractivity contribution in [3.63, 3.8) is 0 Å². The fraction of sp³-hybridized carbons (Fsp3) is 0.524. The summed E-state index contributed by atoms with van der Waals surface area (Å²) in [4.78, 5) is 27.2. The van der Waals surface area contributed by atoms with E-state index in [1.54, 1.807) is 11.3 Å². The Hall–Kier alpha value is -2.76. The van der Waals surface area contributed by atoms with Gasteiger partial charge in [-0.15, -0.1) is 11.3 Å². The highest BCUT2D eigenvalue weighted by atomic mass is 32.1. The molecule has 0 spiro atoms. The number of hydrogen-bond acceptors (Lipinski definition) is 9. The summed E-state index contributed by atoms with van der Waals surface area (Å²) in [6.07, 6.45) is 1.75. The van der Waals surface area contributed by atoms with Gasteiger partial charge < -0.3 is 20.3 Å². The molecule has 2 fully saturated rings. The smallest absolute Gasteiger partial charge is 0.236 e. The third-order valence-corrected chi connectivity index (χ3v) is 6.73. The van der Waals surface area contributed by atoms with Crippen LogP contribution in [-0.2, 0) is 9.53 Å². The number of aromatic amines is 1. The number of likely N-dealkylation sites (tertiary alicyclic amines) is 1. The maximum absolute atomic E-state index is 12.7. The summed E-state index contributed by atoms with van der Waals surface area (Å²) >= 11 is 1.59. The van der Waals surface area contributed by atoms with Crippen LogP contribution in [0.1, 0.15) is 18.5 Å². The van der Waals surface area contributed by atoms with Gasteiger partial charge in [0.15, 0.2) is 5.82 Å². The van der Waals surface area contributed by atoms with Crippen LogP contribution in [-0.4, -0.2) is 87.9 Å². The quantitative estimate of drug-likeness (QED) is 0.518. The number of thiophene rings is 1. The lowest BCUT2D eigenvalue weighted by atomic mass is 10.1. The summed E-state index contributed by atoms with van der Waals surface area (Å²) < 4.78 is 5.37. The highest BCUT2D eigenvalue weighted by Crippen LogP contribution is 2.29. The van der Waals surface area contributed by atoms with Gasteiger partial charge in [-0.2, -0.15) is 10.1 Å². The van der Waals surface area contributed by atoms with Crippen LogP contribution in [0.25, 0.3) is 10.2 Å². The fourth-order valence-electron chi connectivity index (χ4n) is 4.12. The zero-order valence-corrected chi connectivity index (χ0v) is 19.0. The van der Waals surface area contributed by atoms with Crippen molar-refractivity contribution in [2.45, 2.75) is 25.8 Å². The van der Waals surface area contributed by atoms with E-state index in [4.69, 9.17) is 14.7 Å². The van der Waals surface area contributed by atoms with Gasteiger partial charge in [0.05, 0.1) is 25.1 Å². The number of rotatable bonds is 6. The first kappa shape index (κ1) is 21.1. The molecule has 32 heavy (non-hydrogen) atoms. The number of ether oxygens (including phenoxy) is 1. The van der Waals surface area contributed by atoms with Crippen molar-refractivity contribution >= 4 is 45.0 Å². The number of carbonyl (C=O) groups excluding carboxylic acids is 1. The van der Waals surface area contributed by atoms with Gasteiger partial charge in [-0.25, -0.2) is 4.98 Å². The van der Waals surface area contributed by atoms with Gasteiger partial charge in [-0.3, -0.25) is 14.8 Å². The first-order valence-electron chi connectivity index (χ1n) is 11.0. The average molecular weight is 457 g/mol. The Morgan fingerprint density at radius 1 is 1.25 bits per heavy atom. The molecule has 0 atom stereocenters. The van der Waals surface area contributed by atoms with Crippen LogP contribution in [0.4, 0.5) is 17.6 Å². The predicted molar refractivity (Wildman–Crippen MR) is 125 cm³/mol. The molecule has 2 saturated heterocycles. The number of morpholine rings is 1. The zero-order valence-electron chi connectivity index (χ0n) is 18.1. The Morgan fingerprint density at radius 3 is 2.81 bits per heavy atom. The number of carbonyl (C=O) groups is 1. The lowest BCUT2D eigenvalue weighted by Gasteiger charge is -2.34. The molecule has 2 aliphatic heterocycles. The van der Waals surface area contributed by atoms with Crippen molar-refractivity contribution in [1.82, 2.24) is 30.0 Å². The number of anilines is 3. The minimum absolute atomic E-state index is 0.211. The Kier molecular flexibility index (Phi) is 6.19. The fourth-order valence-corrected chi connectivity index (χ4v) is 4.89. The van der Waals surface area contributed by atoms with E-state index in [1.807, 2.05) is 29.3 Å². The number of H-pyrrole nitrogens is 1. The number of aromatic nitrogens is 4. The topological polar surface area (TPSA) is 111 Å². The van der Waals surface area contributed by atoms with E-state index in [0.29, 0.717) is 25.7 Å². The highest BCUT2D eigenvalue weighted by Gasteiger charge is 2.25. The number of nitrogens with zero attached hydrogens (tertiary/aromatic N) is 5. The van der Waals surface area contributed by atoms with Gasteiger partial charge in [-0.1, -0.05) is 0 Å². The summed E-state index contributed by atoms with van der Waals surface area (Å²) in [6, 6.07) is 4.20. The number of fused-ring (bicyclic) bond motifs is 1. The predicted octanol–water partition coefficient (Wildman–Crippen LogP) is 2.20. The molecule has 2 aliphatic rings. The Bertz CT molecular complexity index is 1070. The third kappa shape index (κ3) is 4.84. The van der Waals surface area contributed by atoms with Crippen molar-refractivity contribution in [2.24, 2.45) is 0 Å². The normalized spacial score (nSPS) is 18.2. The molecule has 170 valence electrons. The Morgan fingerprint density at radius 2 is 2.06 bits per heavy atom. The van der Waals surface area contributed by atoms with Crippen LogP contribution in [0.2, 0.25) is 0 Å². The second-order valence-electron chi connectivity index (χ2n) is 8.28. The van der Waals surface area contributed by atoms with Gasteiger partial charge >= 0.3 is 0 Å². The van der Waals surface area contributed by atoms with Crippen LogP contribution >= 0.6 is 11.3 Å². The first-order chi connectivity index (χ1) is 15.6. The second kappa shape index (κ2) is 9.39. The van der Waals surface area contributed by atoms with E-state index >= 15 is 0 Å². The number of piperidine rings is 1. The molecule has 1 amide bonds. The van der Waals surface area contributed by atoms with Crippen molar-refractivity contribution in [3.05, 3.63) is 23.2 Å². The molecule has 0 saturated carbocycles. The van der Waals surface area contributed by atoms with Crippen molar-refractivity contribution in [1.29, 1.82) is 0 Å². The molecular formula is C21H28N8O2S. The van der Waals surface area contributed by atoms with E-state index in [-0.39, 0.29) is 11.9 Å². The molecule has 0 aliphatic carbocycles. The molecule has 5 rings (SSSR count). The van der Waals surface area contributed by atoms with Crippen molar-refractivity contribution in [2.75, 3.05) is 56.6 Å². The zero-order chi connectivity index (χ0) is 21.9. The monoisotopic (exact) mass is 456 g/mol. The number of nitrogens with one attached hydrogen (secondary N) is 3. The highest BCUT2D eigenvalue weighted by molar-refractivity contribution is 7.16. The molecule has 0 unspecified atom stereocenters. The summed E-state index contributed by atoms with van der Waals surface area (Å²) in [5.41, 5.74) is 0.983. The van der Waals surface area contributed by atoms with E-state index < -0.39 is 0 Å². The van der Waals surface area contributed by atoms with E-state index in [2.05, 4.69) is 25.7 Å². The molecule has 3 aromatic heterocycles. The van der Waals surface area contributed by atoms with Gasteiger partial charge in [-0.05, 0) is 31.2 Å². The van der Waals surface area contributed by atoms with Crippen LogP contribution in [0.5, 0.6) is 0 Å². The molecule has 5 heterocycles.